The van der Waals surface area contributed by atoms with E-state index < -0.39 is 15.4 Å². The number of nitro groups is 2. The summed E-state index contributed by atoms with van der Waals surface area (Å²) in [5.41, 5.74) is -0.0431. The Bertz CT molecular complexity index is 1450. The number of halogens is 1. The summed E-state index contributed by atoms with van der Waals surface area (Å²) in [6.45, 7) is 14.5. The van der Waals surface area contributed by atoms with Crippen molar-refractivity contribution in [3.63, 3.8) is 0 Å². The van der Waals surface area contributed by atoms with E-state index in [9.17, 15) is 29.8 Å². The number of amides is 2. The van der Waals surface area contributed by atoms with Gasteiger partial charge in [0, 0.05) is 50.4 Å². The Labute approximate surface area is 293 Å². The zero-order valence-electron chi connectivity index (χ0n) is 28.7. The molecule has 4 aliphatic heterocycles. The van der Waals surface area contributed by atoms with Gasteiger partial charge in [-0.15, -0.1) is 0 Å². The molecule has 4 saturated heterocycles. The molecule has 0 spiro atoms. The lowest BCUT2D eigenvalue weighted by Crippen LogP contribution is -2.56. The van der Waals surface area contributed by atoms with Crippen molar-refractivity contribution in [2.75, 3.05) is 31.1 Å². The topological polar surface area (TPSA) is 186 Å². The number of fused-ring (bicyclic) bond motifs is 4. The third kappa shape index (κ3) is 10.4. The highest BCUT2D eigenvalue weighted by Crippen LogP contribution is 2.34. The van der Waals surface area contributed by atoms with Gasteiger partial charge in [-0.05, 0) is 115 Å². The van der Waals surface area contributed by atoms with Gasteiger partial charge in [-0.2, -0.15) is 0 Å². The third-order valence-electron chi connectivity index (χ3n) is 8.25. The molecule has 1 N–H and O–H groups in total. The van der Waals surface area contributed by atoms with Crippen molar-refractivity contribution in [3.05, 3.63) is 61.4 Å². The number of hydrogen-bond donors (Lipinski definition) is 1. The Morgan fingerprint density at radius 3 is 1.57 bits per heavy atom. The van der Waals surface area contributed by atoms with E-state index in [4.69, 9.17) is 9.47 Å². The molecule has 0 saturated carbocycles. The highest BCUT2D eigenvalue weighted by molar-refractivity contribution is 9.10. The van der Waals surface area contributed by atoms with Crippen LogP contribution in [0.25, 0.3) is 0 Å². The molecular formula is C32H45BrN8O8. The number of carbonyl (C=O) groups is 2. The summed E-state index contributed by atoms with van der Waals surface area (Å²) in [5.74, 6) is -0.294. The molecule has 4 atom stereocenters. The second-order valence-electron chi connectivity index (χ2n) is 14.3. The first kappa shape index (κ1) is 37.7. The van der Waals surface area contributed by atoms with Crippen molar-refractivity contribution in [1.82, 2.24) is 25.1 Å². The molecule has 49 heavy (non-hydrogen) atoms. The molecule has 2 aromatic heterocycles. The molecular weight excluding hydrogens is 704 g/mol. The molecule has 6 rings (SSSR count). The number of anilines is 1. The molecule has 4 bridgehead atoms. The van der Waals surface area contributed by atoms with Gasteiger partial charge >= 0.3 is 23.8 Å². The third-order valence-corrected chi connectivity index (χ3v) is 8.72. The Kier molecular flexibility index (Phi) is 12.0. The fourth-order valence-corrected chi connectivity index (χ4v) is 6.50. The number of aromatic nitrogens is 2. The summed E-state index contributed by atoms with van der Waals surface area (Å²) >= 11 is 3.11. The molecule has 4 aliphatic rings. The van der Waals surface area contributed by atoms with E-state index in [-0.39, 0.29) is 41.5 Å². The minimum atomic E-state index is -0.535. The summed E-state index contributed by atoms with van der Waals surface area (Å²) in [4.78, 5) is 57.4. The molecule has 2 aromatic rings. The van der Waals surface area contributed by atoms with Crippen LogP contribution in [0.5, 0.6) is 0 Å². The number of piperazine rings is 2. The van der Waals surface area contributed by atoms with Gasteiger partial charge in [-0.3, -0.25) is 9.80 Å². The van der Waals surface area contributed by atoms with Crippen LogP contribution in [0.4, 0.5) is 26.9 Å². The monoisotopic (exact) mass is 748 g/mol. The number of nitrogens with zero attached hydrogens (tertiary/aromatic N) is 7. The molecule has 4 unspecified atom stereocenters. The summed E-state index contributed by atoms with van der Waals surface area (Å²) in [7, 11) is 0. The lowest BCUT2D eigenvalue weighted by Gasteiger charge is -2.41. The number of rotatable bonds is 3. The van der Waals surface area contributed by atoms with E-state index in [1.807, 2.05) is 51.3 Å². The first-order chi connectivity index (χ1) is 22.9. The van der Waals surface area contributed by atoms with Crippen molar-refractivity contribution in [3.8, 4) is 0 Å². The zero-order chi connectivity index (χ0) is 36.1. The van der Waals surface area contributed by atoms with Gasteiger partial charge in [0.05, 0.1) is 22.2 Å². The molecule has 4 fully saturated rings. The van der Waals surface area contributed by atoms with E-state index in [0.29, 0.717) is 25.2 Å². The maximum atomic E-state index is 12.4. The highest BCUT2D eigenvalue weighted by Gasteiger charge is 2.45. The van der Waals surface area contributed by atoms with Crippen LogP contribution < -0.4 is 10.2 Å². The second-order valence-corrected chi connectivity index (χ2v) is 15.2. The van der Waals surface area contributed by atoms with Gasteiger partial charge in [-0.25, -0.2) is 9.59 Å². The minimum absolute atomic E-state index is 0.105. The Morgan fingerprint density at radius 1 is 0.755 bits per heavy atom. The lowest BCUT2D eigenvalue weighted by atomic mass is 10.1. The van der Waals surface area contributed by atoms with Crippen molar-refractivity contribution >= 4 is 45.4 Å². The fourth-order valence-electron chi connectivity index (χ4n) is 6.27. The van der Waals surface area contributed by atoms with Gasteiger partial charge in [0.15, 0.2) is 12.4 Å². The molecule has 0 aliphatic carbocycles. The summed E-state index contributed by atoms with van der Waals surface area (Å²) in [6, 6.07) is 6.94. The average molecular weight is 750 g/mol. The van der Waals surface area contributed by atoms with Crippen LogP contribution in [0.2, 0.25) is 0 Å². The van der Waals surface area contributed by atoms with E-state index in [1.165, 1.54) is 24.5 Å². The molecule has 17 heteroatoms. The number of carbonyl (C=O) groups excluding carboxylic acids is 2. The molecule has 16 nitrogen and oxygen atoms in total. The standard InChI is InChI=1S/C16H22N4O4.C11H20N2O2.C5H3BrN2O2/c1-16(2,3)24-15(21)19-12-4-5-13(19)10-18(9-12)11-6-7-14(17-8-11)20(22)23;1-11(2,3)15-10(14)13-8-4-5-9(13)7-12-6-8;6-4-1-2-5(7-3-4)8(9)10/h6-8,12-13H,4-5,9-10H2,1-3H3;8-9,12H,4-7H2,1-3H3;1-3H. The summed E-state index contributed by atoms with van der Waals surface area (Å²) in [5, 5.41) is 24.1. The maximum Gasteiger partial charge on any atom is 0.410 e. The normalized spacial score (nSPS) is 22.6. The van der Waals surface area contributed by atoms with Crippen LogP contribution in [0.3, 0.4) is 0 Å². The molecule has 268 valence electrons. The first-order valence-electron chi connectivity index (χ1n) is 16.3. The maximum absolute atomic E-state index is 12.4. The van der Waals surface area contributed by atoms with Gasteiger partial charge in [0.2, 0.25) is 0 Å². The van der Waals surface area contributed by atoms with E-state index >= 15 is 0 Å². The molecule has 0 radical (unpaired) electrons. The van der Waals surface area contributed by atoms with Crippen LogP contribution in [-0.2, 0) is 9.47 Å². The average Bonchev–Trinajstić information content (AvgIpc) is 3.43. The van der Waals surface area contributed by atoms with Crippen LogP contribution in [-0.4, -0.2) is 103 Å². The summed E-state index contributed by atoms with van der Waals surface area (Å²) in [6.07, 6.45) is 6.63. The van der Waals surface area contributed by atoms with Gasteiger partial charge in [0.25, 0.3) is 0 Å². The first-order valence-corrected chi connectivity index (χ1v) is 17.1. The Hall–Kier alpha value is -4.12. The molecule has 0 aromatic carbocycles. The largest absolute Gasteiger partial charge is 0.444 e. The smallest absolute Gasteiger partial charge is 0.410 e. The highest BCUT2D eigenvalue weighted by atomic mass is 79.9. The number of hydrogen-bond acceptors (Lipinski definition) is 12. The number of nitrogens with one attached hydrogen (secondary N) is 1. The zero-order valence-corrected chi connectivity index (χ0v) is 30.3. The van der Waals surface area contributed by atoms with Crippen LogP contribution >= 0.6 is 15.9 Å². The summed E-state index contributed by atoms with van der Waals surface area (Å²) < 4.78 is 11.7. The lowest BCUT2D eigenvalue weighted by molar-refractivity contribution is -0.389. The van der Waals surface area contributed by atoms with Crippen molar-refractivity contribution in [2.45, 2.75) is 103 Å². The second kappa shape index (κ2) is 15.6. The van der Waals surface area contributed by atoms with Crippen molar-refractivity contribution in [2.24, 2.45) is 0 Å². The van der Waals surface area contributed by atoms with E-state index in [2.05, 4.69) is 36.1 Å². The predicted molar refractivity (Wildman–Crippen MR) is 184 cm³/mol. The fraction of sp³-hybridized carbons (Fsp3) is 0.625. The molecule has 2 amide bonds. The number of pyridine rings is 2. The molecule has 6 heterocycles. The van der Waals surface area contributed by atoms with Gasteiger partial charge in [-0.1, -0.05) is 0 Å². The van der Waals surface area contributed by atoms with Gasteiger partial charge < -0.3 is 39.9 Å². The van der Waals surface area contributed by atoms with E-state index in [1.54, 1.807) is 12.1 Å². The van der Waals surface area contributed by atoms with Crippen molar-refractivity contribution < 1.29 is 28.9 Å². The van der Waals surface area contributed by atoms with Crippen molar-refractivity contribution in [1.29, 1.82) is 0 Å². The SMILES string of the molecule is CC(C)(C)OC(=O)N1C2CCC1CN(c1ccc([N+](=O)[O-])nc1)C2.CC(C)(C)OC(=O)N1C2CCC1CNC2.O=[N+]([O-])c1ccc(Br)cn1. The number of ether oxygens (including phenoxy) is 2. The van der Waals surface area contributed by atoms with Gasteiger partial charge in [0.1, 0.15) is 11.2 Å². The minimum Gasteiger partial charge on any atom is -0.444 e. The van der Waals surface area contributed by atoms with E-state index in [0.717, 1.165) is 48.9 Å². The van der Waals surface area contributed by atoms with Crippen LogP contribution in [0.15, 0.2) is 41.1 Å². The predicted octanol–water partition coefficient (Wildman–Crippen LogP) is 5.69. The quantitative estimate of drug-likeness (QED) is 0.299. The Morgan fingerprint density at radius 2 is 1.18 bits per heavy atom. The van der Waals surface area contributed by atoms with Crippen LogP contribution in [0.1, 0.15) is 67.2 Å². The van der Waals surface area contributed by atoms with Crippen LogP contribution in [0, 0.1) is 20.2 Å². The Balaban J connectivity index is 0.000000184.